The molecule has 3 rings (SSSR count). The number of nitrogens with zero attached hydrogens (tertiary/aromatic N) is 5. The fourth-order valence-corrected chi connectivity index (χ4v) is 1.92. The fourth-order valence-electron chi connectivity index (χ4n) is 1.70. The van der Waals surface area contributed by atoms with Gasteiger partial charge in [0.25, 0.3) is 0 Å². The number of aliphatic hydroxyl groups is 1. The van der Waals surface area contributed by atoms with Crippen molar-refractivity contribution in [3.05, 3.63) is 47.1 Å². The van der Waals surface area contributed by atoms with Gasteiger partial charge >= 0.3 is 0 Å². The van der Waals surface area contributed by atoms with Crippen LogP contribution < -0.4 is 0 Å². The van der Waals surface area contributed by atoms with Crippen LogP contribution >= 0.6 is 11.6 Å². The summed E-state index contributed by atoms with van der Waals surface area (Å²) in [6.07, 6.45) is 1.61. The molecule has 2 aromatic heterocycles. The van der Waals surface area contributed by atoms with Crippen LogP contribution in [-0.4, -0.2) is 30.2 Å². The predicted octanol–water partition coefficient (Wildman–Crippen LogP) is 1.52. The molecule has 0 aliphatic rings. The molecule has 20 heavy (non-hydrogen) atoms. The molecular weight excluding hydrogens is 282 g/mol. The molecule has 0 radical (unpaired) electrons. The highest BCUT2D eigenvalue weighted by Crippen LogP contribution is 2.24. The number of hydrogen-bond acceptors (Lipinski definition) is 6. The number of hydrogen-bond donors (Lipinski definition) is 1. The number of aromatic nitrogens is 5. The highest BCUT2D eigenvalue weighted by Gasteiger charge is 2.12. The molecule has 7 nitrogen and oxygen atoms in total. The summed E-state index contributed by atoms with van der Waals surface area (Å²) in [7, 11) is 0. The largest absolute Gasteiger partial charge is 0.390 e. The van der Waals surface area contributed by atoms with Crippen molar-refractivity contribution in [2.24, 2.45) is 0 Å². The lowest BCUT2D eigenvalue weighted by atomic mass is 10.2. The molecule has 102 valence electrons. The molecule has 0 aliphatic heterocycles. The number of rotatable bonds is 4. The molecule has 0 saturated carbocycles. The summed E-state index contributed by atoms with van der Waals surface area (Å²) in [5.74, 6) is 0.808. The molecule has 1 aromatic carbocycles. The lowest BCUT2D eigenvalue weighted by Crippen LogP contribution is -2.00. The zero-order valence-corrected chi connectivity index (χ0v) is 11.0. The maximum atomic E-state index is 8.92. The number of halogens is 1. The van der Waals surface area contributed by atoms with Crippen LogP contribution in [0.15, 0.2) is 35.0 Å². The Morgan fingerprint density at radius 1 is 1.30 bits per heavy atom. The van der Waals surface area contributed by atoms with Gasteiger partial charge in [-0.05, 0) is 12.1 Å². The van der Waals surface area contributed by atoms with Crippen molar-refractivity contribution in [3.8, 4) is 11.4 Å². The number of aliphatic hydroxyl groups excluding tert-OH is 1. The molecular formula is C12H10ClN5O2. The standard InChI is InChI=1S/C12H10ClN5O2/c13-10-4-2-1-3-9(10)12-14-11(20-16-12)6-18-5-8(7-19)15-17-18/h1-5,19H,6-7H2. The summed E-state index contributed by atoms with van der Waals surface area (Å²) in [6, 6.07) is 7.26. The summed E-state index contributed by atoms with van der Waals surface area (Å²) in [5, 5.41) is 21.0. The topological polar surface area (TPSA) is 89.9 Å². The zero-order valence-electron chi connectivity index (χ0n) is 10.3. The predicted molar refractivity (Wildman–Crippen MR) is 69.8 cm³/mol. The maximum absolute atomic E-state index is 8.92. The average molecular weight is 292 g/mol. The minimum Gasteiger partial charge on any atom is -0.390 e. The summed E-state index contributed by atoms with van der Waals surface area (Å²) < 4.78 is 6.66. The van der Waals surface area contributed by atoms with E-state index in [1.807, 2.05) is 18.2 Å². The van der Waals surface area contributed by atoms with Crippen LogP contribution in [0.4, 0.5) is 0 Å². The second-order valence-corrected chi connectivity index (χ2v) is 4.46. The second kappa shape index (κ2) is 5.40. The first-order valence-electron chi connectivity index (χ1n) is 5.83. The average Bonchev–Trinajstić information content (AvgIpc) is 3.09. The Hall–Kier alpha value is -2.25. The van der Waals surface area contributed by atoms with E-state index in [1.54, 1.807) is 12.3 Å². The third-order valence-electron chi connectivity index (χ3n) is 2.63. The van der Waals surface area contributed by atoms with Crippen LogP contribution in [0.25, 0.3) is 11.4 Å². The van der Waals surface area contributed by atoms with Gasteiger partial charge in [0.2, 0.25) is 11.7 Å². The third kappa shape index (κ3) is 2.54. The Bertz CT molecular complexity index is 724. The Balaban J connectivity index is 1.82. The van der Waals surface area contributed by atoms with Crippen molar-refractivity contribution in [1.82, 2.24) is 25.1 Å². The van der Waals surface area contributed by atoms with Crippen LogP contribution in [0.2, 0.25) is 5.02 Å². The smallest absolute Gasteiger partial charge is 0.248 e. The molecule has 0 aliphatic carbocycles. The highest BCUT2D eigenvalue weighted by molar-refractivity contribution is 6.33. The van der Waals surface area contributed by atoms with Crippen molar-refractivity contribution >= 4 is 11.6 Å². The Morgan fingerprint density at radius 3 is 2.90 bits per heavy atom. The van der Waals surface area contributed by atoms with E-state index in [0.29, 0.717) is 28.0 Å². The zero-order chi connectivity index (χ0) is 13.9. The van der Waals surface area contributed by atoms with E-state index in [9.17, 15) is 0 Å². The molecule has 0 bridgehead atoms. The van der Waals surface area contributed by atoms with Crippen molar-refractivity contribution in [3.63, 3.8) is 0 Å². The summed E-state index contributed by atoms with van der Waals surface area (Å²) in [5.41, 5.74) is 1.19. The van der Waals surface area contributed by atoms with E-state index < -0.39 is 0 Å². The van der Waals surface area contributed by atoms with Gasteiger partial charge in [0, 0.05) is 5.56 Å². The molecule has 0 unspecified atom stereocenters. The minimum absolute atomic E-state index is 0.158. The van der Waals surface area contributed by atoms with E-state index in [2.05, 4.69) is 20.5 Å². The Kier molecular flexibility index (Phi) is 3.44. The van der Waals surface area contributed by atoms with E-state index in [-0.39, 0.29) is 13.2 Å². The third-order valence-corrected chi connectivity index (χ3v) is 2.96. The van der Waals surface area contributed by atoms with Crippen molar-refractivity contribution in [2.75, 3.05) is 0 Å². The summed E-state index contributed by atoms with van der Waals surface area (Å²) in [6.45, 7) is 0.124. The van der Waals surface area contributed by atoms with Crippen LogP contribution in [0.1, 0.15) is 11.6 Å². The molecule has 0 saturated heterocycles. The Morgan fingerprint density at radius 2 is 2.15 bits per heavy atom. The first-order valence-corrected chi connectivity index (χ1v) is 6.21. The lowest BCUT2D eigenvalue weighted by Gasteiger charge is -1.96. The molecule has 2 heterocycles. The van der Waals surface area contributed by atoms with Crippen molar-refractivity contribution in [2.45, 2.75) is 13.2 Å². The first kappa shape index (κ1) is 12.8. The van der Waals surface area contributed by atoms with Crippen LogP contribution in [0, 0.1) is 0 Å². The van der Waals surface area contributed by atoms with Gasteiger partial charge in [0.05, 0.1) is 17.8 Å². The molecule has 0 amide bonds. The fraction of sp³-hybridized carbons (Fsp3) is 0.167. The molecule has 0 atom stereocenters. The van der Waals surface area contributed by atoms with Gasteiger partial charge in [-0.3, -0.25) is 0 Å². The normalized spacial score (nSPS) is 10.9. The van der Waals surface area contributed by atoms with Crippen LogP contribution in [-0.2, 0) is 13.2 Å². The molecule has 8 heteroatoms. The number of benzene rings is 1. The van der Waals surface area contributed by atoms with E-state index in [1.165, 1.54) is 4.68 Å². The van der Waals surface area contributed by atoms with Gasteiger partial charge in [-0.2, -0.15) is 4.98 Å². The van der Waals surface area contributed by atoms with Gasteiger partial charge < -0.3 is 9.63 Å². The van der Waals surface area contributed by atoms with Gasteiger partial charge in [-0.25, -0.2) is 4.68 Å². The van der Waals surface area contributed by atoms with E-state index in [4.69, 9.17) is 21.2 Å². The van der Waals surface area contributed by atoms with Gasteiger partial charge in [-0.15, -0.1) is 5.10 Å². The molecule has 0 fully saturated rings. The minimum atomic E-state index is -0.158. The lowest BCUT2D eigenvalue weighted by molar-refractivity contribution is 0.276. The van der Waals surface area contributed by atoms with Gasteiger partial charge in [0.1, 0.15) is 12.2 Å². The van der Waals surface area contributed by atoms with Gasteiger partial charge in [-0.1, -0.05) is 34.1 Å². The monoisotopic (exact) mass is 291 g/mol. The second-order valence-electron chi connectivity index (χ2n) is 4.06. The van der Waals surface area contributed by atoms with Crippen LogP contribution in [0.3, 0.4) is 0 Å². The molecule has 1 N–H and O–H groups in total. The molecule has 3 aromatic rings. The summed E-state index contributed by atoms with van der Waals surface area (Å²) in [4.78, 5) is 4.26. The van der Waals surface area contributed by atoms with Gasteiger partial charge in [0.15, 0.2) is 0 Å². The van der Waals surface area contributed by atoms with E-state index in [0.717, 1.165) is 0 Å². The summed E-state index contributed by atoms with van der Waals surface area (Å²) >= 11 is 6.07. The Labute approximate surface area is 118 Å². The highest BCUT2D eigenvalue weighted by atomic mass is 35.5. The van der Waals surface area contributed by atoms with Crippen molar-refractivity contribution in [1.29, 1.82) is 0 Å². The quantitative estimate of drug-likeness (QED) is 0.784. The maximum Gasteiger partial charge on any atom is 0.248 e. The molecule has 0 spiro atoms. The SMILES string of the molecule is OCc1cn(Cc2nc(-c3ccccc3Cl)no2)nn1. The first-order chi connectivity index (χ1) is 9.76. The van der Waals surface area contributed by atoms with E-state index >= 15 is 0 Å². The van der Waals surface area contributed by atoms with Crippen LogP contribution in [0.5, 0.6) is 0 Å². The van der Waals surface area contributed by atoms with Crippen molar-refractivity contribution < 1.29 is 9.63 Å².